The Morgan fingerprint density at radius 3 is 2.33 bits per heavy atom. The van der Waals surface area contributed by atoms with E-state index in [1.165, 1.54) is 43.1 Å². The maximum Gasteiger partial charge on any atom is 0.227 e. The molecule has 27 heavy (non-hydrogen) atoms. The van der Waals surface area contributed by atoms with Crippen LogP contribution in [0.5, 0.6) is 0 Å². The molecule has 0 spiro atoms. The summed E-state index contributed by atoms with van der Waals surface area (Å²) in [6.07, 6.45) is 9.32. The number of benzene rings is 1. The maximum atomic E-state index is 13.1. The van der Waals surface area contributed by atoms with Crippen molar-refractivity contribution in [1.82, 2.24) is 0 Å². The lowest BCUT2D eigenvalue weighted by Gasteiger charge is -2.29. The molecule has 1 amide bonds. The van der Waals surface area contributed by atoms with Gasteiger partial charge in [-0.15, -0.1) is 0 Å². The molecular weight excluding hydrogens is 358 g/mol. The molecule has 0 unspecified atom stereocenters. The van der Waals surface area contributed by atoms with Crippen molar-refractivity contribution >= 4 is 21.4 Å². The molecule has 1 aliphatic heterocycles. The molecule has 1 fully saturated rings. The third-order valence-electron chi connectivity index (χ3n) is 5.84. The van der Waals surface area contributed by atoms with Gasteiger partial charge in [0, 0.05) is 17.5 Å². The van der Waals surface area contributed by atoms with E-state index in [0.29, 0.717) is 18.3 Å². The highest BCUT2D eigenvalue weighted by Gasteiger charge is 2.31. The van der Waals surface area contributed by atoms with Crippen molar-refractivity contribution < 1.29 is 13.2 Å². The molecule has 0 saturated heterocycles. The van der Waals surface area contributed by atoms with E-state index < -0.39 is 15.9 Å². The van der Waals surface area contributed by atoms with Crippen LogP contribution in [0.3, 0.4) is 0 Å². The number of carbonyl (C=O) groups is 1. The molecule has 0 N–H and O–H groups in total. The molecule has 4 nitrogen and oxygen atoms in total. The summed E-state index contributed by atoms with van der Waals surface area (Å²) in [5.41, 5.74) is 2.00. The summed E-state index contributed by atoms with van der Waals surface area (Å²) in [5, 5.41) is 1.25. The van der Waals surface area contributed by atoms with E-state index in [0.717, 1.165) is 12.1 Å². The average molecular weight is 390 g/mol. The van der Waals surface area contributed by atoms with Gasteiger partial charge in [0.05, 0.1) is 11.8 Å². The van der Waals surface area contributed by atoms with Gasteiger partial charge in [-0.1, -0.05) is 58.1 Å². The fourth-order valence-corrected chi connectivity index (χ4v) is 5.45. The molecule has 0 aromatic heterocycles. The zero-order valence-electron chi connectivity index (χ0n) is 16.4. The Morgan fingerprint density at radius 2 is 1.78 bits per heavy atom. The summed E-state index contributed by atoms with van der Waals surface area (Å²) >= 11 is 0. The summed E-state index contributed by atoms with van der Waals surface area (Å²) < 4.78 is 23.8. The van der Waals surface area contributed by atoms with Gasteiger partial charge in [0.25, 0.3) is 0 Å². The Labute approximate surface area is 163 Å². The molecular formula is C22H31NO3S. The van der Waals surface area contributed by atoms with Crippen molar-refractivity contribution in [1.29, 1.82) is 0 Å². The number of hydrogen-bond donors (Lipinski definition) is 0. The average Bonchev–Trinajstić information content (AvgIpc) is 3.01. The molecule has 1 aromatic carbocycles. The largest absolute Gasteiger partial charge is 0.304 e. The Hall–Kier alpha value is -1.62. The molecule has 2 aliphatic rings. The van der Waals surface area contributed by atoms with Crippen LogP contribution in [-0.2, 0) is 14.6 Å². The summed E-state index contributed by atoms with van der Waals surface area (Å²) in [7, 11) is -3.21. The topological polar surface area (TPSA) is 54.5 Å². The quantitative estimate of drug-likeness (QED) is 0.701. The van der Waals surface area contributed by atoms with Gasteiger partial charge in [-0.3, -0.25) is 4.79 Å². The lowest BCUT2D eigenvalue weighted by molar-refractivity contribution is -0.119. The predicted octanol–water partition coefficient (Wildman–Crippen LogP) is 4.81. The van der Waals surface area contributed by atoms with Crippen LogP contribution in [0.2, 0.25) is 0 Å². The highest BCUT2D eigenvalue weighted by Crippen LogP contribution is 2.30. The van der Waals surface area contributed by atoms with E-state index in [-0.39, 0.29) is 11.7 Å². The first-order valence-electron chi connectivity index (χ1n) is 10.2. The number of carbonyl (C=O) groups excluding carboxylic acids is 1. The third kappa shape index (κ3) is 5.22. The summed E-state index contributed by atoms with van der Waals surface area (Å²) in [5.74, 6) is 1.07. The lowest BCUT2D eigenvalue weighted by Crippen LogP contribution is -2.41. The first kappa shape index (κ1) is 20.1. The predicted molar refractivity (Wildman–Crippen MR) is 111 cm³/mol. The molecule has 1 aromatic rings. The van der Waals surface area contributed by atoms with Gasteiger partial charge in [-0.2, -0.15) is 0 Å². The smallest absolute Gasteiger partial charge is 0.227 e. The number of nitrogens with zero attached hydrogens (tertiary/aromatic N) is 1. The monoisotopic (exact) mass is 389 g/mol. The van der Waals surface area contributed by atoms with Crippen molar-refractivity contribution in [2.24, 2.45) is 5.92 Å². The van der Waals surface area contributed by atoms with Gasteiger partial charge >= 0.3 is 0 Å². The van der Waals surface area contributed by atoms with Crippen LogP contribution in [0.25, 0.3) is 0 Å². The molecule has 3 rings (SSSR count). The summed E-state index contributed by atoms with van der Waals surface area (Å²) in [6.45, 7) is 4.27. The Kier molecular flexibility index (Phi) is 6.40. The van der Waals surface area contributed by atoms with Crippen LogP contribution in [0.4, 0.5) is 5.69 Å². The SMILES string of the molecule is CC(C)c1ccc(N(C(=O)CCC2CCCCC2)[C@@H]2C=CS(=O)(=O)C2)cc1. The first-order chi connectivity index (χ1) is 12.9. The van der Waals surface area contributed by atoms with Crippen LogP contribution in [0.15, 0.2) is 35.7 Å². The van der Waals surface area contributed by atoms with E-state index >= 15 is 0 Å². The van der Waals surface area contributed by atoms with Crippen molar-refractivity contribution in [2.75, 3.05) is 10.7 Å². The Morgan fingerprint density at radius 1 is 1.11 bits per heavy atom. The number of rotatable bonds is 6. The maximum absolute atomic E-state index is 13.1. The molecule has 0 bridgehead atoms. The van der Waals surface area contributed by atoms with Crippen LogP contribution in [0.1, 0.15) is 70.3 Å². The number of amides is 1. The van der Waals surface area contributed by atoms with E-state index in [4.69, 9.17) is 0 Å². The lowest BCUT2D eigenvalue weighted by atomic mass is 9.86. The third-order valence-corrected chi connectivity index (χ3v) is 7.22. The molecule has 148 valence electrons. The number of anilines is 1. The minimum Gasteiger partial charge on any atom is -0.304 e. The second-order valence-electron chi connectivity index (χ2n) is 8.28. The zero-order valence-corrected chi connectivity index (χ0v) is 17.2. The minimum atomic E-state index is -3.21. The summed E-state index contributed by atoms with van der Waals surface area (Å²) in [4.78, 5) is 14.8. The normalized spacial score (nSPS) is 22.3. The molecule has 1 aliphatic carbocycles. The van der Waals surface area contributed by atoms with Gasteiger partial charge < -0.3 is 4.90 Å². The van der Waals surface area contributed by atoms with E-state index in [2.05, 4.69) is 13.8 Å². The molecule has 1 saturated carbocycles. The highest BCUT2D eigenvalue weighted by molar-refractivity contribution is 7.94. The van der Waals surface area contributed by atoms with Crippen molar-refractivity contribution in [3.05, 3.63) is 41.3 Å². The van der Waals surface area contributed by atoms with Gasteiger partial charge in [0.1, 0.15) is 0 Å². The van der Waals surface area contributed by atoms with Crippen molar-refractivity contribution in [2.45, 2.75) is 70.8 Å². The Bertz CT molecular complexity index is 774. The van der Waals surface area contributed by atoms with Gasteiger partial charge in [-0.25, -0.2) is 8.42 Å². The van der Waals surface area contributed by atoms with E-state index in [1.54, 1.807) is 11.0 Å². The molecule has 5 heteroatoms. The van der Waals surface area contributed by atoms with Crippen LogP contribution in [0, 0.1) is 5.92 Å². The summed E-state index contributed by atoms with van der Waals surface area (Å²) in [6, 6.07) is 7.57. The van der Waals surface area contributed by atoms with Crippen molar-refractivity contribution in [3.63, 3.8) is 0 Å². The fraction of sp³-hybridized carbons (Fsp3) is 0.591. The fourth-order valence-electron chi connectivity index (χ4n) is 4.18. The Balaban J connectivity index is 1.76. The zero-order chi connectivity index (χ0) is 19.4. The molecule has 0 radical (unpaired) electrons. The van der Waals surface area contributed by atoms with Crippen LogP contribution >= 0.6 is 0 Å². The first-order valence-corrected chi connectivity index (χ1v) is 11.9. The molecule has 1 heterocycles. The van der Waals surface area contributed by atoms with Gasteiger partial charge in [0.2, 0.25) is 5.91 Å². The number of hydrogen-bond acceptors (Lipinski definition) is 3. The van der Waals surface area contributed by atoms with Crippen molar-refractivity contribution in [3.8, 4) is 0 Å². The van der Waals surface area contributed by atoms with E-state index in [1.807, 2.05) is 24.3 Å². The standard InChI is InChI=1S/C22H31NO3S/c1-17(2)19-9-11-20(12-10-19)23(21-14-15-27(25,26)16-21)22(24)13-8-18-6-4-3-5-7-18/h9-12,14-15,17-18,21H,3-8,13,16H2,1-2H3/t21-/m1/s1. The second-order valence-corrected chi connectivity index (χ2v) is 10.2. The minimum absolute atomic E-state index is 0.0197. The van der Waals surface area contributed by atoms with Crippen LogP contribution < -0.4 is 4.90 Å². The highest BCUT2D eigenvalue weighted by atomic mass is 32.2. The van der Waals surface area contributed by atoms with E-state index in [9.17, 15) is 13.2 Å². The van der Waals surface area contributed by atoms with Crippen LogP contribution in [-0.4, -0.2) is 26.1 Å². The number of sulfone groups is 1. The van der Waals surface area contributed by atoms with Gasteiger partial charge in [0.15, 0.2) is 9.84 Å². The second kappa shape index (κ2) is 8.59. The van der Waals surface area contributed by atoms with Gasteiger partial charge in [-0.05, 0) is 42.0 Å². The molecule has 1 atom stereocenters.